The number of carbonyl (C=O) groups excluding carboxylic acids is 4. The fraction of sp³-hybridized carbons (Fsp3) is 0.333. The Hall–Kier alpha value is -6.96. The summed E-state index contributed by atoms with van der Waals surface area (Å²) < 4.78 is 9.59. The molecule has 2 saturated heterocycles. The van der Waals surface area contributed by atoms with Crippen molar-refractivity contribution in [2.75, 3.05) is 27.3 Å². The normalized spacial score (nSPS) is 17.4. The molecule has 0 radical (unpaired) electrons. The number of amidine groups is 1. The summed E-state index contributed by atoms with van der Waals surface area (Å²) >= 11 is 0. The number of aromatic nitrogens is 2. The number of aromatic amines is 1. The van der Waals surface area contributed by atoms with Crippen molar-refractivity contribution in [3.8, 4) is 22.4 Å². The van der Waals surface area contributed by atoms with Crippen LogP contribution < -0.4 is 16.0 Å². The maximum Gasteiger partial charge on any atom is 0.407 e. The van der Waals surface area contributed by atoms with E-state index in [-0.39, 0.29) is 29.6 Å². The number of methoxy groups -OCH3 is 2. The van der Waals surface area contributed by atoms with Crippen molar-refractivity contribution in [2.24, 2.45) is 5.92 Å². The van der Waals surface area contributed by atoms with Crippen LogP contribution in [0.25, 0.3) is 38.9 Å². The first-order chi connectivity index (χ1) is 30.0. The average Bonchev–Trinajstić information content (AvgIpc) is 4.11. The van der Waals surface area contributed by atoms with E-state index in [2.05, 4.69) is 69.5 Å². The Morgan fingerprint density at radius 2 is 1.42 bits per heavy atom. The molecule has 62 heavy (non-hydrogen) atoms. The smallest absolute Gasteiger partial charge is 0.407 e. The molecule has 2 fully saturated rings. The molecule has 0 aliphatic carbocycles. The van der Waals surface area contributed by atoms with Crippen LogP contribution in [0.2, 0.25) is 0 Å². The van der Waals surface area contributed by atoms with E-state index in [1.807, 2.05) is 69.3 Å². The van der Waals surface area contributed by atoms with Crippen LogP contribution >= 0.6 is 0 Å². The lowest BCUT2D eigenvalue weighted by Crippen LogP contribution is -2.55. The van der Waals surface area contributed by atoms with Crippen LogP contribution in [0.4, 0.5) is 9.59 Å². The molecule has 0 spiro atoms. The van der Waals surface area contributed by atoms with Crippen LogP contribution in [0, 0.1) is 11.3 Å². The Balaban J connectivity index is 1.01. The number of amides is 4. The maximum absolute atomic E-state index is 13.9. The molecule has 0 saturated carbocycles. The second-order valence-electron chi connectivity index (χ2n) is 16.0. The highest BCUT2D eigenvalue weighted by Crippen LogP contribution is 2.35. The van der Waals surface area contributed by atoms with E-state index in [4.69, 9.17) is 19.9 Å². The summed E-state index contributed by atoms with van der Waals surface area (Å²) in [6.45, 7) is 6.71. The molecule has 5 aromatic rings. The minimum atomic E-state index is -0.887. The van der Waals surface area contributed by atoms with Gasteiger partial charge < -0.3 is 40.2 Å². The molecule has 322 valence electrons. The SMILES string of the molecule is C/C=C(\NC(=N)[C@@H]1CCCN1C(=O)[C@@H](NC(=O)OC)C(C)C)c1ccc(-c2ccc3cc(-c4cnc([C@@H]5CCCN5C(=O)[C@H](NC(=O)OC)c5ccccc5)[nH]4)ccc3c2)cc1. The third kappa shape index (κ3) is 9.34. The third-order valence-electron chi connectivity index (χ3n) is 11.8. The summed E-state index contributed by atoms with van der Waals surface area (Å²) in [5.41, 5.74) is 6.27. The number of nitrogens with zero attached hydrogens (tertiary/aromatic N) is 3. The summed E-state index contributed by atoms with van der Waals surface area (Å²) in [6.07, 6.45) is 5.37. The highest BCUT2D eigenvalue weighted by Gasteiger charge is 2.39. The molecule has 4 atom stereocenters. The van der Waals surface area contributed by atoms with Gasteiger partial charge in [-0.2, -0.15) is 0 Å². The first kappa shape index (κ1) is 43.1. The van der Waals surface area contributed by atoms with Crippen molar-refractivity contribution < 1.29 is 28.7 Å². The van der Waals surface area contributed by atoms with E-state index < -0.39 is 30.3 Å². The molecule has 4 amide bonds. The highest BCUT2D eigenvalue weighted by atomic mass is 16.5. The lowest BCUT2D eigenvalue weighted by atomic mass is 9.98. The minimum Gasteiger partial charge on any atom is -0.453 e. The number of hydrogen-bond acceptors (Lipinski definition) is 8. The number of likely N-dealkylation sites (tertiary alicyclic amines) is 2. The number of allylic oxidation sites excluding steroid dienone is 1. The largest absolute Gasteiger partial charge is 0.453 e. The molecule has 5 N–H and O–H groups in total. The third-order valence-corrected chi connectivity index (χ3v) is 11.8. The quantitative estimate of drug-likeness (QED) is 0.0620. The summed E-state index contributed by atoms with van der Waals surface area (Å²) in [7, 11) is 2.55. The Labute approximate surface area is 361 Å². The van der Waals surface area contributed by atoms with Gasteiger partial charge in [0.1, 0.15) is 23.7 Å². The molecule has 2 aliphatic rings. The number of rotatable bonds is 12. The Bertz CT molecular complexity index is 2460. The first-order valence-electron chi connectivity index (χ1n) is 21.1. The van der Waals surface area contributed by atoms with Gasteiger partial charge in [0.15, 0.2) is 0 Å². The molecule has 4 aromatic carbocycles. The molecule has 0 bridgehead atoms. The Kier molecular flexibility index (Phi) is 13.3. The van der Waals surface area contributed by atoms with Gasteiger partial charge in [0, 0.05) is 24.4 Å². The zero-order valence-electron chi connectivity index (χ0n) is 35.7. The van der Waals surface area contributed by atoms with Crippen molar-refractivity contribution in [1.29, 1.82) is 5.41 Å². The number of imidazole rings is 1. The molecule has 3 heterocycles. The second-order valence-corrected chi connectivity index (χ2v) is 16.0. The lowest BCUT2D eigenvalue weighted by Gasteiger charge is -2.31. The number of hydrogen-bond donors (Lipinski definition) is 5. The predicted octanol–water partition coefficient (Wildman–Crippen LogP) is 7.96. The number of H-pyrrole nitrogens is 1. The van der Waals surface area contributed by atoms with E-state index in [1.165, 1.54) is 14.2 Å². The fourth-order valence-electron chi connectivity index (χ4n) is 8.43. The first-order valence-corrected chi connectivity index (χ1v) is 21.1. The zero-order valence-corrected chi connectivity index (χ0v) is 35.7. The van der Waals surface area contributed by atoms with Gasteiger partial charge in [-0.1, -0.05) is 98.8 Å². The number of fused-ring (bicyclic) bond motifs is 1. The van der Waals surface area contributed by atoms with Gasteiger partial charge in [0.05, 0.1) is 38.2 Å². The summed E-state index contributed by atoms with van der Waals surface area (Å²) in [4.78, 5) is 63.4. The van der Waals surface area contributed by atoms with Gasteiger partial charge in [0.25, 0.3) is 5.91 Å². The molecule has 0 unspecified atom stereocenters. The number of nitrogens with one attached hydrogen (secondary N) is 5. The summed E-state index contributed by atoms with van der Waals surface area (Å²) in [5.74, 6) is 0.334. The van der Waals surface area contributed by atoms with Gasteiger partial charge in [0.2, 0.25) is 5.91 Å². The number of carbonyl (C=O) groups is 4. The number of alkyl carbamates (subject to hydrolysis) is 2. The fourth-order valence-corrected chi connectivity index (χ4v) is 8.43. The van der Waals surface area contributed by atoms with Crippen molar-refractivity contribution in [3.05, 3.63) is 120 Å². The van der Waals surface area contributed by atoms with Gasteiger partial charge in [-0.3, -0.25) is 15.0 Å². The van der Waals surface area contributed by atoms with E-state index in [0.29, 0.717) is 30.9 Å². The predicted molar refractivity (Wildman–Crippen MR) is 239 cm³/mol. The van der Waals surface area contributed by atoms with Crippen molar-refractivity contribution in [3.63, 3.8) is 0 Å². The van der Waals surface area contributed by atoms with Crippen LogP contribution in [0.15, 0.2) is 103 Å². The number of benzene rings is 4. The molecular weight excluding hydrogens is 785 g/mol. The topological polar surface area (TPSA) is 182 Å². The zero-order chi connectivity index (χ0) is 43.9. The maximum atomic E-state index is 13.9. The molecule has 14 heteroatoms. The van der Waals surface area contributed by atoms with Gasteiger partial charge in [-0.15, -0.1) is 0 Å². The lowest BCUT2D eigenvalue weighted by molar-refractivity contribution is -0.135. The van der Waals surface area contributed by atoms with Gasteiger partial charge in [-0.05, 0) is 83.7 Å². The monoisotopic (exact) mass is 838 g/mol. The van der Waals surface area contributed by atoms with E-state index >= 15 is 0 Å². The average molecular weight is 839 g/mol. The van der Waals surface area contributed by atoms with Gasteiger partial charge >= 0.3 is 12.2 Å². The minimum absolute atomic E-state index is 0.152. The van der Waals surface area contributed by atoms with Crippen molar-refractivity contribution in [1.82, 2.24) is 35.7 Å². The standard InChI is InChI=1S/C48H54N8O6/c1-6-37(51-43(49)39-14-10-24-55(39)45(57)41(29(2)3)53-47(59)61-4)31-18-16-30(17-19-31)33-20-21-35-27-36(23-22-34(35)26-33)38-28-50-44(52-38)40-15-11-25-56(40)46(58)42(54-48(60)62-5)32-12-8-7-9-13-32/h6-9,12-13,16-23,26-29,39-42H,10-11,14-15,24-25H2,1-5H3,(H2,49,51)(H,50,52)(H,53,59)(H,54,60)/b37-6-/t39-,40-,41-,42+/m0/s1. The van der Waals surface area contributed by atoms with Crippen LogP contribution in [0.5, 0.6) is 0 Å². The molecular formula is C48H54N8O6. The van der Waals surface area contributed by atoms with Crippen LogP contribution in [-0.2, 0) is 19.1 Å². The van der Waals surface area contributed by atoms with Crippen LogP contribution in [0.1, 0.15) is 75.5 Å². The van der Waals surface area contributed by atoms with Crippen LogP contribution in [-0.4, -0.2) is 89.0 Å². The van der Waals surface area contributed by atoms with E-state index in [1.54, 1.807) is 16.0 Å². The summed E-state index contributed by atoms with van der Waals surface area (Å²) in [5, 5.41) is 19.8. The Morgan fingerprint density at radius 1 is 0.790 bits per heavy atom. The summed E-state index contributed by atoms with van der Waals surface area (Å²) in [6, 6.07) is 27.7. The Morgan fingerprint density at radius 3 is 2.10 bits per heavy atom. The molecule has 14 nitrogen and oxygen atoms in total. The number of ether oxygens (including phenoxy) is 2. The molecule has 1 aromatic heterocycles. The molecule has 2 aliphatic heterocycles. The second kappa shape index (κ2) is 19.2. The van der Waals surface area contributed by atoms with E-state index in [0.717, 1.165) is 63.7 Å². The van der Waals surface area contributed by atoms with Crippen LogP contribution in [0.3, 0.4) is 0 Å². The van der Waals surface area contributed by atoms with E-state index in [9.17, 15) is 19.2 Å². The van der Waals surface area contributed by atoms with Crippen molar-refractivity contribution in [2.45, 2.75) is 70.6 Å². The highest BCUT2D eigenvalue weighted by molar-refractivity contribution is 5.97. The van der Waals surface area contributed by atoms with Crippen molar-refractivity contribution >= 4 is 46.3 Å². The molecule has 7 rings (SSSR count). The van der Waals surface area contributed by atoms with Gasteiger partial charge in [-0.25, -0.2) is 14.6 Å².